The molecule has 9 heteroatoms. The van der Waals surface area contributed by atoms with Gasteiger partial charge in [-0.2, -0.15) is 10.1 Å². The number of carbonyl (C=O) groups excluding carboxylic acids is 1. The van der Waals surface area contributed by atoms with Gasteiger partial charge in [0.15, 0.2) is 11.5 Å². The van der Waals surface area contributed by atoms with Crippen LogP contribution in [0.15, 0.2) is 58.5 Å². The van der Waals surface area contributed by atoms with Crippen molar-refractivity contribution in [2.45, 2.75) is 46.3 Å². The van der Waals surface area contributed by atoms with Gasteiger partial charge < -0.3 is 19.5 Å². The predicted octanol–water partition coefficient (Wildman–Crippen LogP) is 5.57. The van der Waals surface area contributed by atoms with E-state index in [1.807, 2.05) is 37.3 Å². The van der Waals surface area contributed by atoms with Crippen LogP contribution in [0.3, 0.4) is 0 Å². The highest BCUT2D eigenvalue weighted by Gasteiger charge is 2.35. The number of aromatic nitrogens is 3. The molecule has 1 aromatic heterocycles. The molecule has 1 aliphatic heterocycles. The Kier molecular flexibility index (Phi) is 7.75. The van der Waals surface area contributed by atoms with Crippen molar-refractivity contribution in [1.82, 2.24) is 14.8 Å². The molecule has 0 bridgehead atoms. The molecular weight excluding hydrogens is 512 g/mol. The number of nitrogens with zero attached hydrogens (tertiary/aromatic N) is 3. The highest BCUT2D eigenvalue weighted by atomic mass is 79.9. The number of hydrogen-bond donors (Lipinski definition) is 1. The lowest BCUT2D eigenvalue weighted by Gasteiger charge is -2.29. The van der Waals surface area contributed by atoms with Crippen LogP contribution < -0.4 is 14.8 Å². The van der Waals surface area contributed by atoms with E-state index in [0.29, 0.717) is 46.4 Å². The molecule has 1 aliphatic rings. The van der Waals surface area contributed by atoms with Crippen LogP contribution in [-0.2, 0) is 16.1 Å². The van der Waals surface area contributed by atoms with Crippen LogP contribution in [0.4, 0.5) is 5.95 Å². The fourth-order valence-electron chi connectivity index (χ4n) is 4.01. The number of carbonyl (C=O) groups is 1. The van der Waals surface area contributed by atoms with Crippen molar-refractivity contribution in [3.63, 3.8) is 0 Å². The number of aryl methyl sites for hydroxylation is 1. The zero-order valence-corrected chi connectivity index (χ0v) is 21.9. The Labute approximate surface area is 213 Å². The topological polar surface area (TPSA) is 87.5 Å². The smallest absolute Gasteiger partial charge is 0.338 e. The second kappa shape index (κ2) is 10.9. The van der Waals surface area contributed by atoms with E-state index in [4.69, 9.17) is 14.2 Å². The van der Waals surface area contributed by atoms with Crippen molar-refractivity contribution in [3.05, 3.63) is 75.2 Å². The second-order valence-electron chi connectivity index (χ2n) is 8.33. The third-order valence-corrected chi connectivity index (χ3v) is 6.54. The summed E-state index contributed by atoms with van der Waals surface area (Å²) in [5.74, 6) is 1.29. The summed E-state index contributed by atoms with van der Waals surface area (Å²) >= 11 is 3.65. The number of benzene rings is 2. The number of rotatable bonds is 9. The fraction of sp³-hybridized carbons (Fsp3) is 0.346. The lowest BCUT2D eigenvalue weighted by molar-refractivity contribution is -0.139. The lowest BCUT2D eigenvalue weighted by atomic mass is 9.95. The number of esters is 1. The van der Waals surface area contributed by atoms with Gasteiger partial charge in [0.1, 0.15) is 19.0 Å². The van der Waals surface area contributed by atoms with E-state index in [0.717, 1.165) is 29.5 Å². The van der Waals surface area contributed by atoms with Gasteiger partial charge in [0.25, 0.3) is 0 Å². The van der Waals surface area contributed by atoms with Crippen molar-refractivity contribution in [2.75, 3.05) is 19.0 Å². The Balaban J connectivity index is 1.70. The second-order valence-corrected chi connectivity index (χ2v) is 9.19. The summed E-state index contributed by atoms with van der Waals surface area (Å²) in [5.41, 5.74) is 4.17. The number of halogens is 1. The third kappa shape index (κ3) is 5.19. The van der Waals surface area contributed by atoms with Gasteiger partial charge in [0.05, 0.1) is 23.8 Å². The molecule has 2 heterocycles. The Morgan fingerprint density at radius 3 is 2.77 bits per heavy atom. The van der Waals surface area contributed by atoms with Crippen molar-refractivity contribution in [1.29, 1.82) is 0 Å². The molecule has 8 nitrogen and oxygen atoms in total. The third-order valence-electron chi connectivity index (χ3n) is 5.95. The minimum absolute atomic E-state index is 0.363. The number of anilines is 1. The lowest BCUT2D eigenvalue weighted by Crippen LogP contribution is -2.30. The molecule has 2 aromatic carbocycles. The molecule has 0 amide bonds. The first-order valence-electron chi connectivity index (χ1n) is 11.5. The number of hydrogen-bond acceptors (Lipinski definition) is 7. The van der Waals surface area contributed by atoms with E-state index in [-0.39, 0.29) is 5.97 Å². The molecule has 1 unspecified atom stereocenters. The molecule has 4 rings (SSSR count). The normalized spacial score (nSPS) is 14.8. The van der Waals surface area contributed by atoms with E-state index in [1.54, 1.807) is 11.8 Å². The van der Waals surface area contributed by atoms with E-state index >= 15 is 0 Å². The first-order chi connectivity index (χ1) is 16.9. The molecule has 1 atom stereocenters. The van der Waals surface area contributed by atoms with Crippen LogP contribution >= 0.6 is 15.9 Å². The molecule has 1 N–H and O–H groups in total. The van der Waals surface area contributed by atoms with Gasteiger partial charge >= 0.3 is 5.97 Å². The molecule has 0 saturated carbocycles. The van der Waals surface area contributed by atoms with Crippen molar-refractivity contribution >= 4 is 27.8 Å². The van der Waals surface area contributed by atoms with E-state index in [1.165, 1.54) is 6.33 Å². The number of unbranched alkanes of at least 4 members (excludes halogenated alkanes) is 1. The number of allylic oxidation sites excluding steroid dienone is 1. The molecule has 184 valence electrons. The van der Waals surface area contributed by atoms with E-state index in [2.05, 4.69) is 51.2 Å². The summed E-state index contributed by atoms with van der Waals surface area (Å²) in [6, 6.07) is 11.3. The van der Waals surface area contributed by atoms with Crippen LogP contribution in [0.25, 0.3) is 0 Å². The van der Waals surface area contributed by atoms with Crippen LogP contribution in [0.2, 0.25) is 0 Å². The summed E-state index contributed by atoms with van der Waals surface area (Å²) in [4.78, 5) is 17.4. The molecule has 0 spiro atoms. The first-order valence-corrected chi connectivity index (χ1v) is 12.3. The Hall–Kier alpha value is -3.33. The summed E-state index contributed by atoms with van der Waals surface area (Å²) in [7, 11) is 1.59. The van der Waals surface area contributed by atoms with Crippen LogP contribution in [-0.4, -0.2) is 34.5 Å². The van der Waals surface area contributed by atoms with Crippen LogP contribution in [0.5, 0.6) is 11.5 Å². The summed E-state index contributed by atoms with van der Waals surface area (Å²) in [6.45, 7) is 6.71. The summed E-state index contributed by atoms with van der Waals surface area (Å²) in [6.07, 6.45) is 3.20. The molecule has 0 radical (unpaired) electrons. The average molecular weight is 541 g/mol. The van der Waals surface area contributed by atoms with E-state index < -0.39 is 6.04 Å². The van der Waals surface area contributed by atoms with Gasteiger partial charge in [-0.25, -0.2) is 9.48 Å². The fourth-order valence-corrected chi connectivity index (χ4v) is 4.58. The molecule has 35 heavy (non-hydrogen) atoms. The maximum atomic E-state index is 13.1. The van der Waals surface area contributed by atoms with Crippen molar-refractivity contribution in [2.24, 2.45) is 0 Å². The van der Waals surface area contributed by atoms with Gasteiger partial charge in [0, 0.05) is 5.70 Å². The predicted molar refractivity (Wildman–Crippen MR) is 137 cm³/mol. The summed E-state index contributed by atoms with van der Waals surface area (Å²) in [5, 5.41) is 7.54. The number of methoxy groups -OCH3 is 1. The Morgan fingerprint density at radius 2 is 2.03 bits per heavy atom. The molecular formula is C26H29BrN4O4. The summed E-state index contributed by atoms with van der Waals surface area (Å²) < 4.78 is 19.8. The van der Waals surface area contributed by atoms with E-state index in [9.17, 15) is 4.79 Å². The zero-order valence-electron chi connectivity index (χ0n) is 20.3. The SMILES string of the molecule is CCCCOC(=O)C1=C(C)Nc2ncnn2C1c1cc(Br)c(OCc2ccccc2C)c(OC)c1. The van der Waals surface area contributed by atoms with Crippen LogP contribution in [0.1, 0.15) is 49.4 Å². The minimum Gasteiger partial charge on any atom is -0.493 e. The van der Waals surface area contributed by atoms with Gasteiger partial charge in [-0.15, -0.1) is 0 Å². The zero-order chi connectivity index (χ0) is 24.9. The number of ether oxygens (including phenoxy) is 3. The standard InChI is InChI=1S/C26H29BrN4O4/c1-5-6-11-34-25(32)22-17(3)30-26-28-15-29-31(26)23(22)19-12-20(27)24(21(13-19)33-4)35-14-18-10-8-7-9-16(18)2/h7-10,12-13,15,23H,5-6,11,14H2,1-4H3,(H,28,29,30). The highest BCUT2D eigenvalue weighted by molar-refractivity contribution is 9.10. The number of nitrogens with one attached hydrogen (secondary N) is 1. The molecule has 0 saturated heterocycles. The maximum absolute atomic E-state index is 13.1. The Bertz CT molecular complexity index is 1250. The monoisotopic (exact) mass is 540 g/mol. The van der Waals surface area contributed by atoms with Crippen molar-refractivity contribution < 1.29 is 19.0 Å². The van der Waals surface area contributed by atoms with Gasteiger partial charge in [0.2, 0.25) is 5.95 Å². The van der Waals surface area contributed by atoms with Gasteiger partial charge in [-0.3, -0.25) is 0 Å². The average Bonchev–Trinajstić information content (AvgIpc) is 3.31. The highest BCUT2D eigenvalue weighted by Crippen LogP contribution is 2.43. The Morgan fingerprint density at radius 1 is 1.23 bits per heavy atom. The minimum atomic E-state index is -0.543. The van der Waals surface area contributed by atoms with Crippen LogP contribution in [0, 0.1) is 6.92 Å². The molecule has 0 fully saturated rings. The molecule has 0 aliphatic carbocycles. The largest absolute Gasteiger partial charge is 0.493 e. The first kappa shape index (κ1) is 24.8. The molecule has 3 aromatic rings. The van der Waals surface area contributed by atoms with Gasteiger partial charge in [-0.05, 0) is 65.0 Å². The quantitative estimate of drug-likeness (QED) is 0.280. The van der Waals surface area contributed by atoms with Gasteiger partial charge in [-0.1, -0.05) is 37.6 Å². The maximum Gasteiger partial charge on any atom is 0.338 e. The number of fused-ring (bicyclic) bond motifs is 1. The van der Waals surface area contributed by atoms with Crippen molar-refractivity contribution in [3.8, 4) is 11.5 Å².